The van der Waals surface area contributed by atoms with Gasteiger partial charge < -0.3 is 98.3 Å². The van der Waals surface area contributed by atoms with Crippen molar-refractivity contribution in [1.29, 1.82) is 5.41 Å². The van der Waals surface area contributed by atoms with Gasteiger partial charge >= 0.3 is 5.97 Å². The Labute approximate surface area is 578 Å². The summed E-state index contributed by atoms with van der Waals surface area (Å²) in [6.07, 6.45) is -4.17. The van der Waals surface area contributed by atoms with Gasteiger partial charge in [0, 0.05) is 69.3 Å². The van der Waals surface area contributed by atoms with Crippen molar-refractivity contribution < 1.29 is 97.5 Å². The molecule has 1 aliphatic heterocycles. The summed E-state index contributed by atoms with van der Waals surface area (Å²) in [6.45, 7) is 2.16. The number of nitrogens with one attached hydrogen (secondary N) is 13. The molecule has 2 rings (SSSR count). The van der Waals surface area contributed by atoms with Crippen molar-refractivity contribution in [3.05, 3.63) is 48.0 Å². The lowest BCUT2D eigenvalue weighted by Gasteiger charge is -2.35. The van der Waals surface area contributed by atoms with Crippen LogP contribution in [0.1, 0.15) is 57.4 Å². The zero-order valence-electron chi connectivity index (χ0n) is 54.5. The number of carbonyl (C=O) groups excluding carboxylic acids is 9. The second-order valence-electron chi connectivity index (χ2n) is 22.0. The normalized spacial score (nSPS) is 15.9. The molecule has 0 bridgehead atoms. The van der Waals surface area contributed by atoms with E-state index >= 15 is 0 Å². The molecule has 23 N–H and O–H groups in total. The number of carbonyl (C=O) groups is 10. The molecule has 550 valence electrons. The molecular formula is C58H100N16O20S3. The third-order valence-electron chi connectivity index (χ3n) is 14.0. The number of hydrogen-bond acceptors (Lipinski definition) is 28. The van der Waals surface area contributed by atoms with Gasteiger partial charge in [-0.25, -0.2) is 0 Å². The standard InChI is InChI=1S/C58H100N16O20S3/c1-35(51(84)64-19-22-92-24-26-93-25-23-91-21-18-63-46(78)31-94-30-43(59)75)67-54(87)39(27-36-9-4-3-5-10-36)71-57(90)42(33-96)73-55(88)40(28-50(82)83)69-45(77)29-66-52(85)37(12-8-17-65-58(60)61)70-56(89)41(32-95)72-53(86)38(68-47(79)34-97-2)11-6-7-16-62-44(76)15-20-74-48(80)13-14-49(74)81/h3-5,9-10,13-14,35,37-42,45,52,54-55,57,66-67,69,71,73,77,85,87-88,90,95-96H,6-8,11-12,15-34H2,1-2H3,(H2,59,75)(H,62,76)(H,63,78)(H,64,84)(H,68,79)(H,70,89)(H,72,86)(H,82,83)(H4,60,61,65)/t35?,37-,38-,39-,40-,41-,42-,45?,52?,54?,55?,57?/m0/s1. The molecule has 0 radical (unpaired) electrons. The van der Waals surface area contributed by atoms with Crippen LogP contribution in [0.4, 0.5) is 0 Å². The number of hydrogen-bond donors (Lipinski definition) is 23. The second-order valence-corrected chi connectivity index (χ2v) is 23.6. The number of aliphatic carboxylic acids is 1. The number of nitrogens with zero attached hydrogens (tertiary/aromatic N) is 1. The fourth-order valence-electron chi connectivity index (χ4n) is 9.02. The molecule has 0 saturated heterocycles. The van der Waals surface area contributed by atoms with E-state index < -0.39 is 146 Å². The SMILES string of the molecule is CSCC(=O)N[C@@H](CCCCNC(=O)CCN1C(=O)C=CC1=O)C(=O)N[C@@H](CS)C(=O)N[C@@H](CCCNC(=N)N)C(O)NCC(O)N[C@@H](CC(=O)O)C(O)N[C@@H](CS)C(O)N[C@@H](Cc1ccccc1)C(O)NC(C)C(=O)NCCOCCOCCOCCNC(=O)COCC(N)=O. The van der Waals surface area contributed by atoms with Gasteiger partial charge in [0.2, 0.25) is 41.4 Å². The van der Waals surface area contributed by atoms with E-state index in [0.29, 0.717) is 12.8 Å². The Morgan fingerprint density at radius 2 is 1.19 bits per heavy atom. The van der Waals surface area contributed by atoms with Crippen LogP contribution in [-0.4, -0.2) is 290 Å². The van der Waals surface area contributed by atoms with Gasteiger partial charge in [-0.1, -0.05) is 30.3 Å². The van der Waals surface area contributed by atoms with Gasteiger partial charge in [0.1, 0.15) is 56.4 Å². The van der Waals surface area contributed by atoms with Crippen LogP contribution < -0.4 is 75.3 Å². The number of aliphatic hydroxyl groups excluding tert-OH is 5. The van der Waals surface area contributed by atoms with Crippen LogP contribution in [0.15, 0.2) is 42.5 Å². The zero-order chi connectivity index (χ0) is 72.1. The van der Waals surface area contributed by atoms with Gasteiger partial charge in [0.25, 0.3) is 11.8 Å². The Bertz CT molecular complexity index is 2580. The molecule has 0 aliphatic carbocycles. The molecule has 0 spiro atoms. The fourth-order valence-corrected chi connectivity index (χ4v) is 9.92. The smallest absolute Gasteiger partial charge is 0.305 e. The molecule has 1 aliphatic rings. The third-order valence-corrected chi connectivity index (χ3v) is 15.4. The summed E-state index contributed by atoms with van der Waals surface area (Å²) >= 11 is 9.83. The average molecular weight is 1440 g/mol. The maximum absolute atomic E-state index is 13.8. The first kappa shape index (κ1) is 86.7. The number of unbranched alkanes of at least 4 members (excludes halogenated alkanes) is 1. The van der Waals surface area contributed by atoms with Crippen molar-refractivity contribution in [3.63, 3.8) is 0 Å². The first-order valence-corrected chi connectivity index (χ1v) is 34.0. The van der Waals surface area contributed by atoms with Crippen molar-refractivity contribution in [2.75, 3.05) is 116 Å². The minimum absolute atomic E-state index is 0.00986. The van der Waals surface area contributed by atoms with Gasteiger partial charge in [-0.15, -0.1) is 0 Å². The van der Waals surface area contributed by atoms with Crippen molar-refractivity contribution in [2.45, 2.75) is 132 Å². The highest BCUT2D eigenvalue weighted by Crippen LogP contribution is 2.12. The first-order valence-electron chi connectivity index (χ1n) is 31.3. The monoisotopic (exact) mass is 1440 g/mol. The molecule has 1 heterocycles. The number of rotatable bonds is 57. The summed E-state index contributed by atoms with van der Waals surface area (Å²) in [6, 6.07) is 0.594. The molecule has 0 saturated carbocycles. The molecule has 12 atom stereocenters. The van der Waals surface area contributed by atoms with Crippen LogP contribution in [-0.2, 0) is 73.3 Å². The van der Waals surface area contributed by atoms with E-state index in [-0.39, 0.29) is 141 Å². The maximum atomic E-state index is 13.8. The molecule has 6 unspecified atom stereocenters. The number of thioether (sulfide) groups is 1. The van der Waals surface area contributed by atoms with Crippen LogP contribution in [0.25, 0.3) is 0 Å². The lowest BCUT2D eigenvalue weighted by atomic mass is 10.0. The van der Waals surface area contributed by atoms with Crippen molar-refractivity contribution in [2.24, 2.45) is 11.5 Å². The second kappa shape index (κ2) is 50.9. The Morgan fingerprint density at radius 3 is 1.79 bits per heavy atom. The summed E-state index contributed by atoms with van der Waals surface area (Å²) in [4.78, 5) is 125. The number of benzene rings is 1. The number of carboxylic acids is 1. The fraction of sp³-hybridized carbons (Fsp3) is 0.672. The van der Waals surface area contributed by atoms with E-state index in [1.54, 1.807) is 36.6 Å². The van der Waals surface area contributed by atoms with E-state index in [1.165, 1.54) is 18.7 Å². The Kier molecular flexibility index (Phi) is 45.5. The Morgan fingerprint density at radius 1 is 0.598 bits per heavy atom. The highest BCUT2D eigenvalue weighted by Gasteiger charge is 2.34. The summed E-state index contributed by atoms with van der Waals surface area (Å²) in [5.41, 5.74) is 11.1. The maximum Gasteiger partial charge on any atom is 0.305 e. The van der Waals surface area contributed by atoms with E-state index in [2.05, 4.69) is 89.1 Å². The van der Waals surface area contributed by atoms with Crippen LogP contribution in [0.5, 0.6) is 0 Å². The minimum Gasteiger partial charge on any atom is -0.481 e. The van der Waals surface area contributed by atoms with Crippen molar-refractivity contribution >= 4 is 102 Å². The molecule has 39 heteroatoms. The molecule has 9 amide bonds. The number of primary amides is 1. The predicted octanol–water partition coefficient (Wildman–Crippen LogP) is -7.94. The third kappa shape index (κ3) is 39.1. The minimum atomic E-state index is -1.82. The number of guanidine groups is 1. The van der Waals surface area contributed by atoms with E-state index in [9.17, 15) is 78.6 Å². The molecular weight excluding hydrogens is 1340 g/mol. The van der Waals surface area contributed by atoms with Crippen LogP contribution >= 0.6 is 37.0 Å². The number of thiol groups is 2. The average Bonchev–Trinajstić information content (AvgIpc) is 1.80. The molecule has 36 nitrogen and oxygen atoms in total. The van der Waals surface area contributed by atoms with Crippen molar-refractivity contribution in [1.82, 2.24) is 68.7 Å². The number of amides is 9. The first-order chi connectivity index (χ1) is 46.3. The largest absolute Gasteiger partial charge is 0.481 e. The summed E-state index contributed by atoms with van der Waals surface area (Å²) in [7, 11) is 0. The van der Waals surface area contributed by atoms with Crippen LogP contribution in [0, 0.1) is 5.41 Å². The van der Waals surface area contributed by atoms with E-state index in [4.69, 9.17) is 35.8 Å². The number of nitrogens with two attached hydrogens (primary N) is 2. The Balaban J connectivity index is 2.02. The molecule has 1 aromatic carbocycles. The number of carboxylic acid groups (broad SMARTS) is 1. The number of ether oxygens (including phenoxy) is 4. The van der Waals surface area contributed by atoms with E-state index in [1.807, 2.05) is 0 Å². The summed E-state index contributed by atoms with van der Waals surface area (Å²) < 4.78 is 21.2. The molecule has 97 heavy (non-hydrogen) atoms. The van der Waals surface area contributed by atoms with Gasteiger partial charge in [-0.05, 0) is 57.3 Å². The van der Waals surface area contributed by atoms with Gasteiger partial charge in [0.15, 0.2) is 5.96 Å². The molecule has 0 fully saturated rings. The predicted molar refractivity (Wildman–Crippen MR) is 361 cm³/mol. The highest BCUT2D eigenvalue weighted by molar-refractivity contribution is 7.99. The zero-order valence-corrected chi connectivity index (χ0v) is 57.1. The molecule has 0 aromatic heterocycles. The van der Waals surface area contributed by atoms with Gasteiger partial charge in [-0.3, -0.25) is 84.8 Å². The lowest BCUT2D eigenvalue weighted by Crippen LogP contribution is -2.63. The quantitative estimate of drug-likeness (QED) is 0.00719. The number of imide groups is 1. The molecule has 1 aromatic rings. The lowest BCUT2D eigenvalue weighted by molar-refractivity contribution is -0.139. The van der Waals surface area contributed by atoms with Crippen LogP contribution in [0.3, 0.4) is 0 Å². The van der Waals surface area contributed by atoms with Crippen molar-refractivity contribution in [3.8, 4) is 0 Å². The highest BCUT2D eigenvalue weighted by atomic mass is 32.2. The Hall–Kier alpha value is -6.38. The van der Waals surface area contributed by atoms with Gasteiger partial charge in [0.05, 0.1) is 82.0 Å². The van der Waals surface area contributed by atoms with E-state index in [0.717, 1.165) is 22.6 Å². The summed E-state index contributed by atoms with van der Waals surface area (Å²) in [5, 5.41) is 107. The summed E-state index contributed by atoms with van der Waals surface area (Å²) in [5.74, 6) is -7.24. The number of aliphatic hydroxyl groups is 5. The van der Waals surface area contributed by atoms with Crippen LogP contribution in [0.2, 0.25) is 0 Å². The topological polar surface area (TPSA) is 552 Å². The van der Waals surface area contributed by atoms with Gasteiger partial charge in [-0.2, -0.15) is 37.0 Å².